The predicted octanol–water partition coefficient (Wildman–Crippen LogP) is 4.27. The van der Waals surface area contributed by atoms with Crippen LogP contribution >= 0.6 is 0 Å². The third kappa shape index (κ3) is 4.49. The summed E-state index contributed by atoms with van der Waals surface area (Å²) in [7, 11) is 1.69. The molecule has 0 amide bonds. The normalized spacial score (nSPS) is 13.7. The van der Waals surface area contributed by atoms with Gasteiger partial charge in [0.25, 0.3) is 0 Å². The van der Waals surface area contributed by atoms with E-state index in [1.165, 1.54) is 11.3 Å². The molecule has 31 heavy (non-hydrogen) atoms. The van der Waals surface area contributed by atoms with Gasteiger partial charge < -0.3 is 14.5 Å². The maximum Gasteiger partial charge on any atom is 0.161 e. The van der Waals surface area contributed by atoms with Crippen molar-refractivity contribution in [1.29, 1.82) is 0 Å². The maximum absolute atomic E-state index is 5.67. The summed E-state index contributed by atoms with van der Waals surface area (Å²) < 4.78 is 5.28. The van der Waals surface area contributed by atoms with Crippen molar-refractivity contribution in [2.45, 2.75) is 20.3 Å². The molecule has 2 heterocycles. The van der Waals surface area contributed by atoms with Gasteiger partial charge in [0.15, 0.2) is 5.82 Å². The molecule has 5 heteroatoms. The standard InChI is InChI=1S/C26H28N4O/c1-5-6-24-20(3)27-25(21-9-7-19(2)8-10-21)28-26(24)30-17-15-29(16-18-30)22-11-13-23(31-4)14-12-22/h1,7-14H,6,15-18H2,2-4H3. The second kappa shape index (κ2) is 9.09. The smallest absolute Gasteiger partial charge is 0.161 e. The van der Waals surface area contributed by atoms with Crippen LogP contribution in [0, 0.1) is 26.2 Å². The Hall–Kier alpha value is -3.52. The number of methoxy groups -OCH3 is 1. The maximum atomic E-state index is 5.67. The fourth-order valence-corrected chi connectivity index (χ4v) is 3.95. The lowest BCUT2D eigenvalue weighted by atomic mass is 10.1. The highest BCUT2D eigenvalue weighted by Gasteiger charge is 2.23. The Kier molecular flexibility index (Phi) is 6.08. The third-order valence-electron chi connectivity index (χ3n) is 5.80. The lowest BCUT2D eigenvalue weighted by Gasteiger charge is -2.37. The molecule has 1 aliphatic heterocycles. The largest absolute Gasteiger partial charge is 0.497 e. The summed E-state index contributed by atoms with van der Waals surface area (Å²) in [5.74, 6) is 5.39. The van der Waals surface area contributed by atoms with Gasteiger partial charge in [0, 0.05) is 55.1 Å². The predicted molar refractivity (Wildman–Crippen MR) is 127 cm³/mol. The van der Waals surface area contributed by atoms with E-state index < -0.39 is 0 Å². The summed E-state index contributed by atoms with van der Waals surface area (Å²) >= 11 is 0. The van der Waals surface area contributed by atoms with Crippen molar-refractivity contribution >= 4 is 11.5 Å². The van der Waals surface area contributed by atoms with E-state index in [-0.39, 0.29) is 0 Å². The van der Waals surface area contributed by atoms with Gasteiger partial charge in [-0.25, -0.2) is 9.97 Å². The van der Waals surface area contributed by atoms with E-state index in [9.17, 15) is 0 Å². The molecular formula is C26H28N4O. The highest BCUT2D eigenvalue weighted by molar-refractivity contribution is 5.62. The minimum atomic E-state index is 0.536. The molecule has 2 aromatic carbocycles. The fraction of sp³-hybridized carbons (Fsp3) is 0.308. The van der Waals surface area contributed by atoms with Crippen LogP contribution in [0.25, 0.3) is 11.4 Å². The lowest BCUT2D eigenvalue weighted by Crippen LogP contribution is -2.47. The summed E-state index contributed by atoms with van der Waals surface area (Å²) in [6, 6.07) is 16.6. The number of anilines is 2. The monoisotopic (exact) mass is 412 g/mol. The number of aromatic nitrogens is 2. The van der Waals surface area contributed by atoms with Gasteiger partial charge in [-0.15, -0.1) is 12.3 Å². The number of benzene rings is 2. The Morgan fingerprint density at radius 2 is 1.55 bits per heavy atom. The molecule has 4 rings (SSSR count). The third-order valence-corrected chi connectivity index (χ3v) is 5.80. The van der Waals surface area contributed by atoms with Gasteiger partial charge in [-0.3, -0.25) is 0 Å². The number of hydrogen-bond donors (Lipinski definition) is 0. The van der Waals surface area contributed by atoms with Crippen molar-refractivity contribution in [2.75, 3.05) is 43.1 Å². The SMILES string of the molecule is C#CCc1c(C)nc(-c2ccc(C)cc2)nc1N1CCN(c2ccc(OC)cc2)CC1. The van der Waals surface area contributed by atoms with Crippen molar-refractivity contribution < 1.29 is 4.74 Å². The number of nitrogens with zero attached hydrogens (tertiary/aromatic N) is 4. The van der Waals surface area contributed by atoms with Gasteiger partial charge in [0.1, 0.15) is 11.6 Å². The van der Waals surface area contributed by atoms with E-state index in [4.69, 9.17) is 21.1 Å². The van der Waals surface area contributed by atoms with Crippen molar-refractivity contribution in [1.82, 2.24) is 9.97 Å². The van der Waals surface area contributed by atoms with Crippen molar-refractivity contribution in [2.24, 2.45) is 0 Å². The Bertz CT molecular complexity index is 1080. The Labute approximate surface area is 184 Å². The first-order chi connectivity index (χ1) is 15.1. The minimum absolute atomic E-state index is 0.536. The van der Waals surface area contributed by atoms with Crippen LogP contribution in [0.4, 0.5) is 11.5 Å². The van der Waals surface area contributed by atoms with Crippen molar-refractivity contribution in [3.63, 3.8) is 0 Å². The zero-order valence-electron chi connectivity index (χ0n) is 18.4. The number of terminal acetylenes is 1. The number of aryl methyl sites for hydroxylation is 2. The van der Waals surface area contributed by atoms with Crippen molar-refractivity contribution in [3.05, 3.63) is 65.4 Å². The molecule has 0 aliphatic carbocycles. The summed E-state index contributed by atoms with van der Waals surface area (Å²) in [6.07, 6.45) is 6.21. The molecule has 0 saturated carbocycles. The van der Waals surface area contributed by atoms with E-state index in [1.807, 2.05) is 19.1 Å². The van der Waals surface area contributed by atoms with Gasteiger partial charge >= 0.3 is 0 Å². The van der Waals surface area contributed by atoms with Gasteiger partial charge in [-0.2, -0.15) is 0 Å². The topological polar surface area (TPSA) is 41.5 Å². The average molecular weight is 413 g/mol. The van der Waals surface area contributed by atoms with Gasteiger partial charge in [0.2, 0.25) is 0 Å². The molecule has 1 fully saturated rings. The van der Waals surface area contributed by atoms with Crippen LogP contribution in [0.2, 0.25) is 0 Å². The number of ether oxygens (including phenoxy) is 1. The molecule has 0 unspecified atom stereocenters. The van der Waals surface area contributed by atoms with E-state index in [2.05, 4.69) is 59.0 Å². The number of hydrogen-bond acceptors (Lipinski definition) is 5. The molecule has 1 aliphatic rings. The number of piperazine rings is 1. The van der Waals surface area contributed by atoms with Crippen LogP contribution in [0.3, 0.4) is 0 Å². The molecule has 0 bridgehead atoms. The lowest BCUT2D eigenvalue weighted by molar-refractivity contribution is 0.415. The Morgan fingerprint density at radius 1 is 0.903 bits per heavy atom. The Balaban J connectivity index is 1.59. The molecule has 1 aromatic heterocycles. The zero-order valence-corrected chi connectivity index (χ0v) is 18.4. The molecule has 0 spiro atoms. The first-order valence-corrected chi connectivity index (χ1v) is 10.6. The molecule has 3 aromatic rings. The van der Waals surface area contributed by atoms with E-state index in [0.29, 0.717) is 6.42 Å². The first-order valence-electron chi connectivity index (χ1n) is 10.6. The molecule has 5 nitrogen and oxygen atoms in total. The summed E-state index contributed by atoms with van der Waals surface area (Å²) in [4.78, 5) is 14.5. The van der Waals surface area contributed by atoms with Crippen LogP contribution in [0.15, 0.2) is 48.5 Å². The van der Waals surface area contributed by atoms with Crippen LogP contribution in [-0.2, 0) is 6.42 Å². The Morgan fingerprint density at radius 3 is 2.16 bits per heavy atom. The quantitative estimate of drug-likeness (QED) is 0.586. The summed E-state index contributed by atoms with van der Waals surface area (Å²) in [6.45, 7) is 7.72. The summed E-state index contributed by atoms with van der Waals surface area (Å²) in [5, 5.41) is 0. The zero-order chi connectivity index (χ0) is 21.8. The second-order valence-corrected chi connectivity index (χ2v) is 7.85. The van der Waals surface area contributed by atoms with E-state index in [0.717, 1.165) is 60.4 Å². The molecular weight excluding hydrogens is 384 g/mol. The van der Waals surface area contributed by atoms with Crippen LogP contribution in [0.5, 0.6) is 5.75 Å². The minimum Gasteiger partial charge on any atom is -0.497 e. The van der Waals surface area contributed by atoms with E-state index in [1.54, 1.807) is 7.11 Å². The van der Waals surface area contributed by atoms with E-state index >= 15 is 0 Å². The van der Waals surface area contributed by atoms with Crippen LogP contribution in [-0.4, -0.2) is 43.3 Å². The second-order valence-electron chi connectivity index (χ2n) is 7.85. The first kappa shape index (κ1) is 20.7. The average Bonchev–Trinajstić information content (AvgIpc) is 2.81. The summed E-state index contributed by atoms with van der Waals surface area (Å²) in [5.41, 5.74) is 5.47. The molecule has 0 atom stereocenters. The highest BCUT2D eigenvalue weighted by atomic mass is 16.5. The number of rotatable bonds is 5. The molecule has 0 radical (unpaired) electrons. The fourth-order valence-electron chi connectivity index (χ4n) is 3.95. The van der Waals surface area contributed by atoms with Crippen LogP contribution < -0.4 is 14.5 Å². The van der Waals surface area contributed by atoms with Gasteiger partial charge in [0.05, 0.1) is 7.11 Å². The van der Waals surface area contributed by atoms with Gasteiger partial charge in [-0.05, 0) is 38.1 Å². The molecule has 0 N–H and O–H groups in total. The van der Waals surface area contributed by atoms with Gasteiger partial charge in [-0.1, -0.05) is 29.8 Å². The van der Waals surface area contributed by atoms with Crippen LogP contribution in [0.1, 0.15) is 16.8 Å². The molecule has 1 saturated heterocycles. The highest BCUT2D eigenvalue weighted by Crippen LogP contribution is 2.28. The van der Waals surface area contributed by atoms with Crippen molar-refractivity contribution in [3.8, 4) is 29.5 Å². The molecule has 158 valence electrons.